The van der Waals surface area contributed by atoms with Crippen LogP contribution in [0, 0.1) is 6.92 Å². The molecule has 3 aromatic carbocycles. The van der Waals surface area contributed by atoms with Crippen molar-refractivity contribution in [3.63, 3.8) is 0 Å². The third-order valence-electron chi connectivity index (χ3n) is 4.39. The van der Waals surface area contributed by atoms with Gasteiger partial charge >= 0.3 is 0 Å². The molecule has 0 heterocycles. The van der Waals surface area contributed by atoms with E-state index in [4.69, 9.17) is 55.9 Å². The Hall–Kier alpha value is -1.78. The highest BCUT2D eigenvalue weighted by molar-refractivity contribution is 6.35. The Labute approximate surface area is 190 Å². The Kier molecular flexibility index (Phi) is 7.42. The summed E-state index contributed by atoms with van der Waals surface area (Å²) in [5.74, 6) is 1.11. The van der Waals surface area contributed by atoms with E-state index >= 15 is 0 Å². The Morgan fingerprint density at radius 3 is 2.24 bits per heavy atom. The molecular formula is C22H19Cl4NO2. The molecule has 0 radical (unpaired) electrons. The highest BCUT2D eigenvalue weighted by Crippen LogP contribution is 2.35. The number of rotatable bonds is 7. The molecule has 3 rings (SSSR count). The van der Waals surface area contributed by atoms with Crippen LogP contribution in [0.25, 0.3) is 0 Å². The van der Waals surface area contributed by atoms with Crippen molar-refractivity contribution < 1.29 is 9.47 Å². The minimum Gasteiger partial charge on any atom is -0.493 e. The van der Waals surface area contributed by atoms with Gasteiger partial charge in [0.05, 0.1) is 7.11 Å². The van der Waals surface area contributed by atoms with Gasteiger partial charge in [-0.05, 0) is 48.4 Å². The van der Waals surface area contributed by atoms with E-state index in [1.54, 1.807) is 25.3 Å². The summed E-state index contributed by atoms with van der Waals surface area (Å²) in [6.07, 6.45) is 0. The fourth-order valence-corrected chi connectivity index (χ4v) is 3.54. The monoisotopic (exact) mass is 469 g/mol. The molecule has 3 nitrogen and oxygen atoms in total. The lowest BCUT2D eigenvalue weighted by Gasteiger charge is -2.15. The first kappa shape index (κ1) is 21.9. The zero-order chi connectivity index (χ0) is 21.0. The molecule has 0 spiro atoms. The zero-order valence-electron chi connectivity index (χ0n) is 15.9. The molecule has 3 aromatic rings. The van der Waals surface area contributed by atoms with Crippen molar-refractivity contribution in [3.8, 4) is 11.5 Å². The molecule has 0 saturated heterocycles. The summed E-state index contributed by atoms with van der Waals surface area (Å²) < 4.78 is 11.4. The van der Waals surface area contributed by atoms with Crippen LogP contribution in [0.2, 0.25) is 20.1 Å². The standard InChI is InChI=1S/C22H19Cl4NO2/c1-13-3-6-17(9-18(13)24)27-11-15-7-21(28-2)22(10-20(15)26)29-12-14-4-5-16(23)8-19(14)25/h3-10,27H,11-12H2,1-2H3. The van der Waals surface area contributed by atoms with E-state index in [1.165, 1.54) is 0 Å². The van der Waals surface area contributed by atoms with Gasteiger partial charge < -0.3 is 14.8 Å². The predicted molar refractivity (Wildman–Crippen MR) is 122 cm³/mol. The summed E-state index contributed by atoms with van der Waals surface area (Å²) in [5.41, 5.74) is 3.63. The van der Waals surface area contributed by atoms with E-state index in [1.807, 2.05) is 37.3 Å². The molecule has 0 bridgehead atoms. The maximum Gasteiger partial charge on any atom is 0.163 e. The molecular weight excluding hydrogens is 452 g/mol. The zero-order valence-corrected chi connectivity index (χ0v) is 18.9. The van der Waals surface area contributed by atoms with Crippen molar-refractivity contribution in [1.82, 2.24) is 0 Å². The molecule has 7 heteroatoms. The van der Waals surface area contributed by atoms with Crippen molar-refractivity contribution in [2.45, 2.75) is 20.1 Å². The van der Waals surface area contributed by atoms with Crippen LogP contribution in [-0.4, -0.2) is 7.11 Å². The minimum atomic E-state index is 0.266. The van der Waals surface area contributed by atoms with Crippen LogP contribution in [0.3, 0.4) is 0 Å². The summed E-state index contributed by atoms with van der Waals surface area (Å²) >= 11 is 24.8. The van der Waals surface area contributed by atoms with Gasteiger partial charge in [0.2, 0.25) is 0 Å². The summed E-state index contributed by atoms with van der Waals surface area (Å²) in [7, 11) is 1.59. The fraction of sp³-hybridized carbons (Fsp3) is 0.182. The van der Waals surface area contributed by atoms with Gasteiger partial charge in [-0.15, -0.1) is 0 Å². The predicted octanol–water partition coefficient (Wildman–Crippen LogP) is 7.81. The number of halogens is 4. The first-order valence-corrected chi connectivity index (χ1v) is 10.3. The highest BCUT2D eigenvalue weighted by atomic mass is 35.5. The van der Waals surface area contributed by atoms with E-state index in [0.717, 1.165) is 22.4 Å². The van der Waals surface area contributed by atoms with Gasteiger partial charge in [-0.25, -0.2) is 0 Å². The Bertz CT molecular complexity index is 1020. The Morgan fingerprint density at radius 1 is 0.793 bits per heavy atom. The van der Waals surface area contributed by atoms with Crippen LogP contribution < -0.4 is 14.8 Å². The van der Waals surface area contributed by atoms with Crippen molar-refractivity contribution in [2.24, 2.45) is 0 Å². The molecule has 0 saturated carbocycles. The van der Waals surface area contributed by atoms with E-state index in [0.29, 0.717) is 38.1 Å². The SMILES string of the molecule is COc1cc(CNc2ccc(C)c(Cl)c2)c(Cl)cc1OCc1ccc(Cl)cc1Cl. The number of ether oxygens (including phenoxy) is 2. The molecule has 0 atom stereocenters. The van der Waals surface area contributed by atoms with Crippen molar-refractivity contribution in [3.05, 3.63) is 85.3 Å². The molecule has 0 unspecified atom stereocenters. The number of hydrogen-bond donors (Lipinski definition) is 1. The van der Waals surface area contributed by atoms with Crippen LogP contribution in [0.5, 0.6) is 11.5 Å². The van der Waals surface area contributed by atoms with Gasteiger partial charge in [-0.3, -0.25) is 0 Å². The molecule has 152 valence electrons. The average Bonchev–Trinajstić information content (AvgIpc) is 2.69. The van der Waals surface area contributed by atoms with Crippen LogP contribution in [0.4, 0.5) is 5.69 Å². The van der Waals surface area contributed by atoms with E-state index < -0.39 is 0 Å². The molecule has 0 aromatic heterocycles. The molecule has 1 N–H and O–H groups in total. The lowest BCUT2D eigenvalue weighted by atomic mass is 10.1. The molecule has 0 fully saturated rings. The fourth-order valence-electron chi connectivity index (χ4n) is 2.68. The second kappa shape index (κ2) is 9.82. The smallest absolute Gasteiger partial charge is 0.163 e. The second-order valence-electron chi connectivity index (χ2n) is 6.44. The summed E-state index contributed by atoms with van der Waals surface area (Å²) in [5, 5.41) is 5.71. The summed E-state index contributed by atoms with van der Waals surface area (Å²) in [4.78, 5) is 0. The highest BCUT2D eigenvalue weighted by Gasteiger charge is 2.12. The average molecular weight is 471 g/mol. The number of nitrogens with one attached hydrogen (secondary N) is 1. The van der Waals surface area contributed by atoms with Gasteiger partial charge in [0.1, 0.15) is 6.61 Å². The Morgan fingerprint density at radius 2 is 1.55 bits per heavy atom. The van der Waals surface area contributed by atoms with Gasteiger partial charge in [0.15, 0.2) is 11.5 Å². The lowest BCUT2D eigenvalue weighted by molar-refractivity contribution is 0.284. The van der Waals surface area contributed by atoms with E-state index in [-0.39, 0.29) is 6.61 Å². The minimum absolute atomic E-state index is 0.266. The summed E-state index contributed by atoms with van der Waals surface area (Å²) in [6.45, 7) is 2.74. The maximum atomic E-state index is 6.47. The third-order valence-corrected chi connectivity index (χ3v) is 5.73. The van der Waals surface area contributed by atoms with Gasteiger partial charge in [0, 0.05) is 44.0 Å². The van der Waals surface area contributed by atoms with Gasteiger partial charge in [0.25, 0.3) is 0 Å². The Balaban J connectivity index is 1.73. The quantitative estimate of drug-likeness (QED) is 0.381. The molecule has 0 aliphatic heterocycles. The van der Waals surface area contributed by atoms with Crippen molar-refractivity contribution in [1.29, 1.82) is 0 Å². The molecule has 29 heavy (non-hydrogen) atoms. The number of benzene rings is 3. The molecule has 0 amide bonds. The van der Waals surface area contributed by atoms with Gasteiger partial charge in [-0.1, -0.05) is 58.5 Å². The lowest BCUT2D eigenvalue weighted by Crippen LogP contribution is -2.03. The number of methoxy groups -OCH3 is 1. The van der Waals surface area contributed by atoms with Gasteiger partial charge in [-0.2, -0.15) is 0 Å². The van der Waals surface area contributed by atoms with Crippen LogP contribution >= 0.6 is 46.4 Å². The molecule has 0 aliphatic rings. The number of anilines is 1. The third kappa shape index (κ3) is 5.64. The largest absolute Gasteiger partial charge is 0.493 e. The second-order valence-corrected chi connectivity index (χ2v) is 8.09. The van der Waals surface area contributed by atoms with Crippen molar-refractivity contribution >= 4 is 52.1 Å². The number of hydrogen-bond acceptors (Lipinski definition) is 3. The van der Waals surface area contributed by atoms with E-state index in [9.17, 15) is 0 Å². The van der Waals surface area contributed by atoms with Crippen LogP contribution in [0.15, 0.2) is 48.5 Å². The first-order valence-electron chi connectivity index (χ1n) is 8.80. The summed E-state index contributed by atoms with van der Waals surface area (Å²) in [6, 6.07) is 14.7. The van der Waals surface area contributed by atoms with Crippen LogP contribution in [0.1, 0.15) is 16.7 Å². The first-order chi connectivity index (χ1) is 13.9. The maximum absolute atomic E-state index is 6.47. The van der Waals surface area contributed by atoms with E-state index in [2.05, 4.69) is 5.32 Å². The number of aryl methyl sites for hydroxylation is 1. The molecule has 0 aliphatic carbocycles. The van der Waals surface area contributed by atoms with Crippen LogP contribution in [-0.2, 0) is 13.2 Å². The normalized spacial score (nSPS) is 10.7. The topological polar surface area (TPSA) is 30.5 Å². The van der Waals surface area contributed by atoms with Crippen molar-refractivity contribution in [2.75, 3.05) is 12.4 Å².